The van der Waals surface area contributed by atoms with Crippen molar-refractivity contribution >= 4 is 11.3 Å². The first-order valence-electron chi connectivity index (χ1n) is 5.94. The van der Waals surface area contributed by atoms with E-state index in [0.29, 0.717) is 0 Å². The van der Waals surface area contributed by atoms with Gasteiger partial charge in [-0.1, -0.05) is 18.2 Å². The Balaban J connectivity index is 2.25. The van der Waals surface area contributed by atoms with Gasteiger partial charge in [0.25, 0.3) is 0 Å². The molecule has 90 valence electrons. The molecule has 17 heavy (non-hydrogen) atoms. The van der Waals surface area contributed by atoms with Crippen LogP contribution < -0.4 is 5.73 Å². The van der Waals surface area contributed by atoms with Gasteiger partial charge in [0.1, 0.15) is 0 Å². The quantitative estimate of drug-likeness (QED) is 0.871. The number of nitrogens with two attached hydrogens (primary N) is 1. The fourth-order valence-electron chi connectivity index (χ4n) is 2.25. The van der Waals surface area contributed by atoms with E-state index in [2.05, 4.69) is 50.4 Å². The normalized spacial score (nSPS) is 12.7. The summed E-state index contributed by atoms with van der Waals surface area (Å²) in [6.45, 7) is 6.46. The van der Waals surface area contributed by atoms with Crippen molar-refractivity contribution in [1.29, 1.82) is 0 Å². The van der Waals surface area contributed by atoms with Crippen LogP contribution in [0.25, 0.3) is 0 Å². The molecule has 1 aromatic heterocycles. The van der Waals surface area contributed by atoms with Gasteiger partial charge in [-0.2, -0.15) is 0 Å². The minimum absolute atomic E-state index is 0.120. The van der Waals surface area contributed by atoms with Crippen molar-refractivity contribution in [3.05, 3.63) is 56.8 Å². The highest BCUT2D eigenvalue weighted by Crippen LogP contribution is 2.27. The van der Waals surface area contributed by atoms with Gasteiger partial charge in [0.15, 0.2) is 0 Å². The number of hydrogen-bond acceptors (Lipinski definition) is 2. The summed E-state index contributed by atoms with van der Waals surface area (Å²) < 4.78 is 0. The van der Waals surface area contributed by atoms with Gasteiger partial charge in [0.05, 0.1) is 0 Å². The zero-order valence-electron chi connectivity index (χ0n) is 10.7. The third-order valence-corrected chi connectivity index (χ3v) is 4.46. The summed E-state index contributed by atoms with van der Waals surface area (Å²) in [5.74, 6) is 0. The van der Waals surface area contributed by atoms with Gasteiger partial charge in [-0.25, -0.2) is 0 Å². The zero-order chi connectivity index (χ0) is 12.4. The van der Waals surface area contributed by atoms with Crippen LogP contribution in [0.2, 0.25) is 0 Å². The van der Waals surface area contributed by atoms with E-state index in [1.807, 2.05) is 0 Å². The van der Waals surface area contributed by atoms with E-state index in [0.717, 1.165) is 6.42 Å². The molecule has 0 fully saturated rings. The minimum atomic E-state index is 0.120. The van der Waals surface area contributed by atoms with Gasteiger partial charge in [-0.3, -0.25) is 0 Å². The van der Waals surface area contributed by atoms with Crippen molar-refractivity contribution in [2.45, 2.75) is 33.2 Å². The second-order valence-corrected chi connectivity index (χ2v) is 5.60. The SMILES string of the molecule is Cc1ccsc1C(N)Cc1c(C)cccc1C. The lowest BCUT2D eigenvalue weighted by Gasteiger charge is -2.15. The smallest absolute Gasteiger partial charge is 0.0433 e. The molecule has 1 unspecified atom stereocenters. The van der Waals surface area contributed by atoms with Crippen LogP contribution in [-0.4, -0.2) is 0 Å². The van der Waals surface area contributed by atoms with E-state index in [9.17, 15) is 0 Å². The third-order valence-electron chi connectivity index (χ3n) is 3.31. The Labute approximate surface area is 107 Å². The highest BCUT2D eigenvalue weighted by Gasteiger charge is 2.13. The molecule has 0 aliphatic heterocycles. The fourth-order valence-corrected chi connectivity index (χ4v) is 3.18. The van der Waals surface area contributed by atoms with E-state index in [1.54, 1.807) is 11.3 Å². The molecule has 1 nitrogen and oxygen atoms in total. The standard InChI is InChI=1S/C15H19NS/c1-10-5-4-6-11(2)13(10)9-14(16)15-12(3)7-8-17-15/h4-8,14H,9,16H2,1-3H3. The summed E-state index contributed by atoms with van der Waals surface area (Å²) in [6, 6.07) is 8.70. The Morgan fingerprint density at radius 2 is 1.71 bits per heavy atom. The van der Waals surface area contributed by atoms with Crippen molar-refractivity contribution in [3.63, 3.8) is 0 Å². The van der Waals surface area contributed by atoms with E-state index in [-0.39, 0.29) is 6.04 Å². The van der Waals surface area contributed by atoms with Crippen LogP contribution in [0.3, 0.4) is 0 Å². The Bertz CT molecular complexity index is 493. The Morgan fingerprint density at radius 1 is 1.06 bits per heavy atom. The summed E-state index contributed by atoms with van der Waals surface area (Å²) in [5, 5.41) is 2.12. The summed E-state index contributed by atoms with van der Waals surface area (Å²) in [5.41, 5.74) is 11.7. The molecular formula is C15H19NS. The molecule has 0 amide bonds. The van der Waals surface area contributed by atoms with Gasteiger partial charge in [0, 0.05) is 10.9 Å². The van der Waals surface area contributed by atoms with Crippen LogP contribution in [0.5, 0.6) is 0 Å². The van der Waals surface area contributed by atoms with E-state index < -0.39 is 0 Å². The number of benzene rings is 1. The van der Waals surface area contributed by atoms with Crippen molar-refractivity contribution in [2.24, 2.45) is 5.73 Å². The molecule has 1 aromatic carbocycles. The maximum atomic E-state index is 6.32. The van der Waals surface area contributed by atoms with Gasteiger partial charge < -0.3 is 5.73 Å². The van der Waals surface area contributed by atoms with Crippen LogP contribution in [0.1, 0.15) is 33.2 Å². The predicted molar refractivity (Wildman–Crippen MR) is 75.6 cm³/mol. The predicted octanol–water partition coefficient (Wildman–Crippen LogP) is 3.92. The van der Waals surface area contributed by atoms with Crippen LogP contribution >= 0.6 is 11.3 Å². The molecule has 1 heterocycles. The first-order chi connectivity index (χ1) is 8.09. The number of rotatable bonds is 3. The second-order valence-electron chi connectivity index (χ2n) is 4.65. The Hall–Kier alpha value is -1.12. The van der Waals surface area contributed by atoms with Crippen LogP contribution in [-0.2, 0) is 6.42 Å². The van der Waals surface area contributed by atoms with Crippen LogP contribution in [0.15, 0.2) is 29.6 Å². The fraction of sp³-hybridized carbons (Fsp3) is 0.333. The highest BCUT2D eigenvalue weighted by molar-refractivity contribution is 7.10. The maximum Gasteiger partial charge on any atom is 0.0433 e. The minimum Gasteiger partial charge on any atom is -0.323 e. The highest BCUT2D eigenvalue weighted by atomic mass is 32.1. The average Bonchev–Trinajstić information content (AvgIpc) is 2.70. The van der Waals surface area contributed by atoms with Gasteiger partial charge >= 0.3 is 0 Å². The molecular weight excluding hydrogens is 226 g/mol. The Kier molecular flexibility index (Phi) is 3.65. The lowest BCUT2D eigenvalue weighted by Crippen LogP contribution is -2.14. The van der Waals surface area contributed by atoms with Gasteiger partial charge in [-0.05, 0) is 60.9 Å². The number of thiophene rings is 1. The van der Waals surface area contributed by atoms with Crippen molar-refractivity contribution in [1.82, 2.24) is 0 Å². The molecule has 0 bridgehead atoms. The summed E-state index contributed by atoms with van der Waals surface area (Å²) in [7, 11) is 0. The largest absolute Gasteiger partial charge is 0.323 e. The molecule has 2 rings (SSSR count). The number of hydrogen-bond donors (Lipinski definition) is 1. The number of aryl methyl sites for hydroxylation is 3. The molecule has 1 atom stereocenters. The molecule has 0 radical (unpaired) electrons. The molecule has 0 saturated heterocycles. The van der Waals surface area contributed by atoms with Crippen molar-refractivity contribution < 1.29 is 0 Å². The van der Waals surface area contributed by atoms with Crippen molar-refractivity contribution in [3.8, 4) is 0 Å². The first-order valence-corrected chi connectivity index (χ1v) is 6.82. The van der Waals surface area contributed by atoms with E-state index in [1.165, 1.54) is 27.1 Å². The maximum absolute atomic E-state index is 6.32. The molecule has 2 heteroatoms. The van der Waals surface area contributed by atoms with Crippen LogP contribution in [0, 0.1) is 20.8 Å². The molecule has 0 saturated carbocycles. The molecule has 0 aliphatic rings. The zero-order valence-corrected chi connectivity index (χ0v) is 11.5. The summed E-state index contributed by atoms with van der Waals surface area (Å²) in [4.78, 5) is 1.31. The molecule has 0 aliphatic carbocycles. The van der Waals surface area contributed by atoms with Crippen molar-refractivity contribution in [2.75, 3.05) is 0 Å². The molecule has 2 aromatic rings. The van der Waals surface area contributed by atoms with Gasteiger partial charge in [-0.15, -0.1) is 11.3 Å². The monoisotopic (exact) mass is 245 g/mol. The Morgan fingerprint density at radius 3 is 2.24 bits per heavy atom. The van der Waals surface area contributed by atoms with E-state index in [4.69, 9.17) is 5.73 Å². The second kappa shape index (κ2) is 5.03. The topological polar surface area (TPSA) is 26.0 Å². The average molecular weight is 245 g/mol. The third kappa shape index (κ3) is 2.59. The van der Waals surface area contributed by atoms with E-state index >= 15 is 0 Å². The van der Waals surface area contributed by atoms with Gasteiger partial charge in [0.2, 0.25) is 0 Å². The summed E-state index contributed by atoms with van der Waals surface area (Å²) in [6.07, 6.45) is 0.930. The lowest BCUT2D eigenvalue weighted by molar-refractivity contribution is 0.725. The molecule has 2 N–H and O–H groups in total. The van der Waals surface area contributed by atoms with Crippen LogP contribution in [0.4, 0.5) is 0 Å². The molecule has 0 spiro atoms. The first kappa shape index (κ1) is 12.3. The lowest BCUT2D eigenvalue weighted by atomic mass is 9.95. The summed E-state index contributed by atoms with van der Waals surface area (Å²) >= 11 is 1.76.